The van der Waals surface area contributed by atoms with Crippen molar-refractivity contribution in [3.8, 4) is 0 Å². The number of amides is 1. The number of nitrogens with one attached hydrogen (secondary N) is 1. The highest BCUT2D eigenvalue weighted by Gasteiger charge is 2.32. The van der Waals surface area contributed by atoms with Gasteiger partial charge in [0, 0.05) is 24.4 Å². The highest BCUT2D eigenvalue weighted by Crippen LogP contribution is 2.31. The van der Waals surface area contributed by atoms with Crippen LogP contribution in [0.2, 0.25) is 0 Å². The first kappa shape index (κ1) is 11.3. The molecule has 0 aromatic carbocycles. The predicted octanol–water partition coefficient (Wildman–Crippen LogP) is 0.964. The predicted molar refractivity (Wildman–Crippen MR) is 62.2 cm³/mol. The fourth-order valence-corrected chi connectivity index (χ4v) is 2.05. The second-order valence-corrected chi connectivity index (χ2v) is 4.07. The number of carbonyl (C=O) groups is 1. The summed E-state index contributed by atoms with van der Waals surface area (Å²) >= 11 is 0. The molecule has 2 heterocycles. The van der Waals surface area contributed by atoms with Gasteiger partial charge in [-0.1, -0.05) is 5.11 Å². The van der Waals surface area contributed by atoms with E-state index in [1.165, 1.54) is 0 Å². The van der Waals surface area contributed by atoms with E-state index in [0.29, 0.717) is 31.0 Å². The molecule has 1 atom stereocenters. The summed E-state index contributed by atoms with van der Waals surface area (Å²) in [5.74, 6) is 0.353. The molecule has 0 bridgehead atoms. The second kappa shape index (κ2) is 4.34. The van der Waals surface area contributed by atoms with Crippen LogP contribution in [0.1, 0.15) is 12.1 Å². The molecule has 1 aliphatic rings. The molecule has 0 spiro atoms. The van der Waals surface area contributed by atoms with Crippen molar-refractivity contribution >= 4 is 17.4 Å². The van der Waals surface area contributed by atoms with Crippen molar-refractivity contribution in [3.05, 3.63) is 16.1 Å². The van der Waals surface area contributed by atoms with E-state index in [0.717, 1.165) is 5.69 Å². The largest absolute Gasteiger partial charge is 0.380 e. The van der Waals surface area contributed by atoms with Crippen LogP contribution in [0.25, 0.3) is 10.4 Å². The maximum absolute atomic E-state index is 11.8. The van der Waals surface area contributed by atoms with Crippen LogP contribution in [-0.4, -0.2) is 29.2 Å². The van der Waals surface area contributed by atoms with Crippen LogP contribution in [0.4, 0.5) is 11.5 Å². The summed E-state index contributed by atoms with van der Waals surface area (Å²) in [5.41, 5.74) is 15.4. The average Bonchev–Trinajstić information content (AvgIpc) is 2.80. The van der Waals surface area contributed by atoms with Crippen molar-refractivity contribution in [2.24, 2.45) is 11.0 Å². The number of carbonyl (C=O) groups excluding carboxylic acids is 1. The first-order valence-corrected chi connectivity index (χ1v) is 5.25. The lowest BCUT2D eigenvalue weighted by atomic mass is 10.1. The quantitative estimate of drug-likeness (QED) is 0.460. The SMILES string of the molecule is Cc1[nH]nc(N)c1N1CC(CN=[N+]=[N-])CC1=O. The van der Waals surface area contributed by atoms with Crippen molar-refractivity contribution < 1.29 is 4.79 Å². The minimum atomic E-state index is -0.0145. The minimum absolute atomic E-state index is 0.0145. The van der Waals surface area contributed by atoms with Gasteiger partial charge in [-0.2, -0.15) is 5.10 Å². The van der Waals surface area contributed by atoms with E-state index < -0.39 is 0 Å². The van der Waals surface area contributed by atoms with Crippen LogP contribution in [0.5, 0.6) is 0 Å². The number of azide groups is 1. The van der Waals surface area contributed by atoms with Crippen molar-refractivity contribution in [2.45, 2.75) is 13.3 Å². The number of nitrogens with two attached hydrogens (primary N) is 1. The topological polar surface area (TPSA) is 124 Å². The van der Waals surface area contributed by atoms with Gasteiger partial charge in [0.25, 0.3) is 0 Å². The van der Waals surface area contributed by atoms with Crippen molar-refractivity contribution in [3.63, 3.8) is 0 Å². The van der Waals surface area contributed by atoms with Gasteiger partial charge in [-0.25, -0.2) is 0 Å². The Morgan fingerprint density at radius 2 is 2.53 bits per heavy atom. The molecule has 1 aliphatic heterocycles. The number of aromatic nitrogens is 2. The second-order valence-electron chi connectivity index (χ2n) is 4.07. The van der Waals surface area contributed by atoms with Crippen molar-refractivity contribution in [1.82, 2.24) is 10.2 Å². The number of rotatable bonds is 3. The van der Waals surface area contributed by atoms with E-state index >= 15 is 0 Å². The molecule has 3 N–H and O–H groups in total. The third kappa shape index (κ3) is 2.02. The van der Waals surface area contributed by atoms with E-state index in [2.05, 4.69) is 20.2 Å². The Bertz CT molecular complexity index is 468. The van der Waals surface area contributed by atoms with Gasteiger partial charge in [-0.05, 0) is 18.4 Å². The number of hydrogen-bond acceptors (Lipinski definition) is 4. The first-order chi connectivity index (χ1) is 8.13. The molecule has 1 unspecified atom stereocenters. The van der Waals surface area contributed by atoms with E-state index in [1.807, 2.05) is 6.92 Å². The van der Waals surface area contributed by atoms with E-state index in [4.69, 9.17) is 11.3 Å². The normalized spacial score (nSPS) is 19.5. The Labute approximate surface area is 97.4 Å². The van der Waals surface area contributed by atoms with Crippen LogP contribution >= 0.6 is 0 Å². The van der Waals surface area contributed by atoms with Crippen molar-refractivity contribution in [2.75, 3.05) is 23.7 Å². The Kier molecular flexibility index (Phi) is 2.88. The zero-order valence-electron chi connectivity index (χ0n) is 9.42. The molecule has 1 saturated heterocycles. The summed E-state index contributed by atoms with van der Waals surface area (Å²) in [6.07, 6.45) is 0.378. The van der Waals surface area contributed by atoms with Crippen LogP contribution in [-0.2, 0) is 4.79 Å². The Hall–Kier alpha value is -2.21. The minimum Gasteiger partial charge on any atom is -0.380 e. The number of aromatic amines is 1. The molecule has 0 radical (unpaired) electrons. The molecule has 1 fully saturated rings. The number of nitrogen functional groups attached to an aromatic ring is 1. The monoisotopic (exact) mass is 235 g/mol. The fraction of sp³-hybridized carbons (Fsp3) is 0.556. The molecule has 90 valence electrons. The van der Waals surface area contributed by atoms with Gasteiger partial charge < -0.3 is 10.6 Å². The van der Waals surface area contributed by atoms with Crippen LogP contribution in [0.15, 0.2) is 5.11 Å². The lowest BCUT2D eigenvalue weighted by molar-refractivity contribution is -0.117. The third-order valence-electron chi connectivity index (χ3n) is 2.82. The van der Waals surface area contributed by atoms with Gasteiger partial charge in [-0.15, -0.1) is 0 Å². The van der Waals surface area contributed by atoms with Crippen LogP contribution in [0, 0.1) is 12.8 Å². The third-order valence-corrected chi connectivity index (χ3v) is 2.82. The van der Waals surface area contributed by atoms with Gasteiger partial charge >= 0.3 is 0 Å². The van der Waals surface area contributed by atoms with Crippen LogP contribution in [0.3, 0.4) is 0 Å². The highest BCUT2D eigenvalue weighted by atomic mass is 16.2. The summed E-state index contributed by atoms with van der Waals surface area (Å²) in [7, 11) is 0. The summed E-state index contributed by atoms with van der Waals surface area (Å²) in [4.78, 5) is 16.1. The lowest BCUT2D eigenvalue weighted by Crippen LogP contribution is -2.26. The summed E-state index contributed by atoms with van der Waals surface area (Å²) in [6.45, 7) is 2.66. The van der Waals surface area contributed by atoms with E-state index in [-0.39, 0.29) is 11.8 Å². The molecule has 8 heteroatoms. The summed E-state index contributed by atoms with van der Waals surface area (Å²) in [5, 5.41) is 10.1. The number of anilines is 2. The van der Waals surface area contributed by atoms with Gasteiger partial charge in [0.05, 0.1) is 5.69 Å². The van der Waals surface area contributed by atoms with Crippen molar-refractivity contribution in [1.29, 1.82) is 0 Å². The Balaban J connectivity index is 2.18. The smallest absolute Gasteiger partial charge is 0.227 e. The molecule has 2 rings (SSSR count). The molecular weight excluding hydrogens is 222 g/mol. The van der Waals surface area contributed by atoms with E-state index in [1.54, 1.807) is 4.90 Å². The molecular formula is C9H13N7O. The first-order valence-electron chi connectivity index (χ1n) is 5.25. The summed E-state index contributed by atoms with van der Waals surface area (Å²) < 4.78 is 0. The molecule has 17 heavy (non-hydrogen) atoms. The van der Waals surface area contributed by atoms with Gasteiger partial charge in [0.1, 0.15) is 5.69 Å². The fourth-order valence-electron chi connectivity index (χ4n) is 2.05. The molecule has 8 nitrogen and oxygen atoms in total. The number of nitrogens with zero attached hydrogens (tertiary/aromatic N) is 5. The molecule has 1 aromatic rings. The molecule has 0 aliphatic carbocycles. The number of aryl methyl sites for hydroxylation is 1. The van der Waals surface area contributed by atoms with Gasteiger partial charge in [0.15, 0.2) is 5.82 Å². The molecule has 1 amide bonds. The van der Waals surface area contributed by atoms with Gasteiger partial charge in [-0.3, -0.25) is 9.89 Å². The number of H-pyrrole nitrogens is 1. The highest BCUT2D eigenvalue weighted by molar-refractivity contribution is 5.98. The Morgan fingerprint density at radius 1 is 1.76 bits per heavy atom. The maximum Gasteiger partial charge on any atom is 0.227 e. The Morgan fingerprint density at radius 3 is 3.12 bits per heavy atom. The van der Waals surface area contributed by atoms with Gasteiger partial charge in [0.2, 0.25) is 5.91 Å². The molecule has 0 saturated carbocycles. The zero-order valence-corrected chi connectivity index (χ0v) is 9.42. The van der Waals surface area contributed by atoms with Crippen LogP contribution < -0.4 is 10.6 Å². The van der Waals surface area contributed by atoms with E-state index in [9.17, 15) is 4.79 Å². The average molecular weight is 235 g/mol. The standard InChI is InChI=1S/C9H13N7O/c1-5-8(9(10)14-13-5)16-4-6(2-7(16)17)3-12-15-11/h6H,2-4H2,1H3,(H3,10,13,14). The molecule has 1 aromatic heterocycles. The maximum atomic E-state index is 11.8. The lowest BCUT2D eigenvalue weighted by Gasteiger charge is -2.16. The zero-order chi connectivity index (χ0) is 12.4. The number of hydrogen-bond donors (Lipinski definition) is 2. The summed E-state index contributed by atoms with van der Waals surface area (Å²) in [6, 6.07) is 0.